The monoisotopic (exact) mass is 195 g/mol. The second-order valence-corrected chi connectivity index (χ2v) is 3.97. The first-order chi connectivity index (χ1) is 6.58. The summed E-state index contributed by atoms with van der Waals surface area (Å²) in [6, 6.07) is 0. The molecular formula is C10H13NO3. The van der Waals surface area contributed by atoms with E-state index in [4.69, 9.17) is 0 Å². The molecule has 0 aromatic carbocycles. The number of aliphatic carboxylic acids is 1. The number of hydrogen-bond acceptors (Lipinski definition) is 2. The number of rotatable bonds is 1. The molecule has 0 saturated carbocycles. The first-order valence-corrected chi connectivity index (χ1v) is 4.78. The van der Waals surface area contributed by atoms with Crippen LogP contribution in [-0.4, -0.2) is 28.9 Å². The van der Waals surface area contributed by atoms with E-state index in [1.165, 1.54) is 4.90 Å². The van der Waals surface area contributed by atoms with Gasteiger partial charge in [0.05, 0.1) is 0 Å². The van der Waals surface area contributed by atoms with Gasteiger partial charge in [0.15, 0.2) is 0 Å². The van der Waals surface area contributed by atoms with Gasteiger partial charge in [-0.25, -0.2) is 0 Å². The summed E-state index contributed by atoms with van der Waals surface area (Å²) in [7, 11) is 1.66. The lowest BCUT2D eigenvalue weighted by atomic mass is 9.77. The fraction of sp³-hybridized carbons (Fsp3) is 0.600. The van der Waals surface area contributed by atoms with Gasteiger partial charge in [-0.3, -0.25) is 9.59 Å². The van der Waals surface area contributed by atoms with Crippen molar-refractivity contribution in [3.8, 4) is 0 Å². The third-order valence-electron chi connectivity index (χ3n) is 3.31. The van der Waals surface area contributed by atoms with Crippen LogP contribution in [0.2, 0.25) is 0 Å². The second-order valence-electron chi connectivity index (χ2n) is 3.97. The molecule has 14 heavy (non-hydrogen) atoms. The van der Waals surface area contributed by atoms with E-state index < -0.39 is 11.4 Å². The summed E-state index contributed by atoms with van der Waals surface area (Å²) in [6.45, 7) is 0. The van der Waals surface area contributed by atoms with Gasteiger partial charge in [0, 0.05) is 19.2 Å². The quantitative estimate of drug-likeness (QED) is 0.678. The van der Waals surface area contributed by atoms with E-state index in [0.717, 1.165) is 6.42 Å². The molecule has 1 fully saturated rings. The Morgan fingerprint density at radius 3 is 2.93 bits per heavy atom. The van der Waals surface area contributed by atoms with Crippen molar-refractivity contribution in [1.82, 2.24) is 4.90 Å². The highest BCUT2D eigenvalue weighted by molar-refractivity contribution is 5.87. The molecule has 1 saturated heterocycles. The Morgan fingerprint density at radius 2 is 2.29 bits per heavy atom. The highest BCUT2D eigenvalue weighted by Crippen LogP contribution is 2.47. The summed E-state index contributed by atoms with van der Waals surface area (Å²) >= 11 is 0. The minimum atomic E-state index is -0.791. The molecule has 0 unspecified atom stereocenters. The fourth-order valence-electron chi connectivity index (χ4n) is 2.44. The van der Waals surface area contributed by atoms with Gasteiger partial charge in [-0.15, -0.1) is 0 Å². The maximum Gasteiger partial charge on any atom is 0.315 e. The molecule has 1 aliphatic heterocycles. The minimum Gasteiger partial charge on any atom is -0.481 e. The van der Waals surface area contributed by atoms with Crippen molar-refractivity contribution >= 4 is 11.9 Å². The van der Waals surface area contributed by atoms with E-state index in [2.05, 4.69) is 0 Å². The summed E-state index contributed by atoms with van der Waals surface area (Å²) in [5.41, 5.74) is -0.0795. The van der Waals surface area contributed by atoms with Crippen molar-refractivity contribution < 1.29 is 14.7 Å². The average molecular weight is 195 g/mol. The molecule has 76 valence electrons. The predicted molar refractivity (Wildman–Crippen MR) is 49.4 cm³/mol. The van der Waals surface area contributed by atoms with Crippen molar-refractivity contribution in [3.05, 3.63) is 11.8 Å². The fourth-order valence-corrected chi connectivity index (χ4v) is 2.44. The Kier molecular flexibility index (Phi) is 1.87. The summed E-state index contributed by atoms with van der Waals surface area (Å²) < 4.78 is 0. The largest absolute Gasteiger partial charge is 0.481 e. The Morgan fingerprint density at radius 1 is 1.57 bits per heavy atom. The van der Waals surface area contributed by atoms with Crippen LogP contribution >= 0.6 is 0 Å². The van der Waals surface area contributed by atoms with Crippen molar-refractivity contribution in [2.45, 2.75) is 25.7 Å². The van der Waals surface area contributed by atoms with E-state index in [1.54, 1.807) is 7.05 Å². The smallest absolute Gasteiger partial charge is 0.315 e. The van der Waals surface area contributed by atoms with Crippen LogP contribution in [0.15, 0.2) is 11.8 Å². The number of carbonyl (C=O) groups excluding carboxylic acids is 1. The summed E-state index contributed by atoms with van der Waals surface area (Å²) in [5, 5.41) is 9.22. The van der Waals surface area contributed by atoms with Gasteiger partial charge in [0.2, 0.25) is 5.91 Å². The maximum absolute atomic E-state index is 11.4. The van der Waals surface area contributed by atoms with Crippen LogP contribution in [0.4, 0.5) is 0 Å². The molecule has 1 N–H and O–H groups in total. The lowest BCUT2D eigenvalue weighted by molar-refractivity contribution is -0.151. The Labute approximate surface area is 82.2 Å². The number of carboxylic acid groups (broad SMARTS) is 1. The van der Waals surface area contributed by atoms with Crippen LogP contribution in [0.1, 0.15) is 25.7 Å². The Hall–Kier alpha value is -1.32. The Bertz CT molecular complexity index is 334. The van der Waals surface area contributed by atoms with Crippen molar-refractivity contribution in [3.63, 3.8) is 0 Å². The number of carbonyl (C=O) groups is 2. The molecule has 1 amide bonds. The van der Waals surface area contributed by atoms with Gasteiger partial charge in [0.25, 0.3) is 0 Å². The normalized spacial score (nSPS) is 31.4. The molecule has 2 aliphatic rings. The van der Waals surface area contributed by atoms with Crippen LogP contribution in [0, 0.1) is 5.41 Å². The van der Waals surface area contributed by atoms with Gasteiger partial charge in [-0.05, 0) is 19.3 Å². The summed E-state index contributed by atoms with van der Waals surface area (Å²) in [6.07, 6.45) is 4.08. The van der Waals surface area contributed by atoms with Gasteiger partial charge in [-0.1, -0.05) is 6.08 Å². The standard InChI is InChI=1S/C10H13NO3/c1-11-7-3-2-5-10(7,9(13)14)6-4-8(11)12/h3H,2,4-6H2,1H3,(H,13,14)/t10-/m1/s1. The van der Waals surface area contributed by atoms with Gasteiger partial charge >= 0.3 is 5.97 Å². The molecule has 0 bridgehead atoms. The third-order valence-corrected chi connectivity index (χ3v) is 3.31. The molecule has 0 spiro atoms. The van der Waals surface area contributed by atoms with Gasteiger partial charge in [0.1, 0.15) is 5.41 Å². The van der Waals surface area contributed by atoms with Crippen LogP contribution in [0.3, 0.4) is 0 Å². The first kappa shape index (κ1) is 9.24. The number of piperidine rings is 1. The molecule has 2 rings (SSSR count). The van der Waals surface area contributed by atoms with Gasteiger partial charge in [-0.2, -0.15) is 0 Å². The highest BCUT2D eigenvalue weighted by Gasteiger charge is 2.49. The molecular weight excluding hydrogens is 182 g/mol. The number of likely N-dealkylation sites (tertiary alicyclic amines) is 1. The van der Waals surface area contributed by atoms with E-state index in [0.29, 0.717) is 25.0 Å². The van der Waals surface area contributed by atoms with E-state index in [1.807, 2.05) is 6.08 Å². The van der Waals surface area contributed by atoms with Crippen LogP contribution < -0.4 is 0 Å². The number of hydrogen-bond donors (Lipinski definition) is 1. The molecule has 1 heterocycles. The third kappa shape index (κ3) is 0.997. The molecule has 1 aliphatic carbocycles. The SMILES string of the molecule is CN1C(=O)CC[C@]2(C(=O)O)CCC=C12. The second kappa shape index (κ2) is 2.83. The number of fused-ring (bicyclic) bond motifs is 1. The zero-order valence-corrected chi connectivity index (χ0v) is 8.12. The van der Waals surface area contributed by atoms with Crippen molar-refractivity contribution in [2.24, 2.45) is 5.41 Å². The molecule has 4 heteroatoms. The number of nitrogens with zero attached hydrogens (tertiary/aromatic N) is 1. The minimum absolute atomic E-state index is 0.0232. The summed E-state index contributed by atoms with van der Waals surface area (Å²) in [5.74, 6) is -0.768. The van der Waals surface area contributed by atoms with E-state index in [9.17, 15) is 14.7 Å². The number of carboxylic acids is 1. The molecule has 0 radical (unpaired) electrons. The van der Waals surface area contributed by atoms with E-state index in [-0.39, 0.29) is 5.91 Å². The zero-order valence-electron chi connectivity index (χ0n) is 8.12. The van der Waals surface area contributed by atoms with Crippen LogP contribution in [0.5, 0.6) is 0 Å². The molecule has 0 aromatic heterocycles. The number of amides is 1. The predicted octanol–water partition coefficient (Wildman–Crippen LogP) is 0.987. The lowest BCUT2D eigenvalue weighted by Gasteiger charge is -2.37. The molecule has 0 aromatic rings. The molecule has 1 atom stereocenters. The topological polar surface area (TPSA) is 57.6 Å². The van der Waals surface area contributed by atoms with Crippen molar-refractivity contribution in [2.75, 3.05) is 7.05 Å². The highest BCUT2D eigenvalue weighted by atomic mass is 16.4. The maximum atomic E-state index is 11.4. The van der Waals surface area contributed by atoms with E-state index >= 15 is 0 Å². The van der Waals surface area contributed by atoms with Gasteiger partial charge < -0.3 is 10.0 Å². The zero-order chi connectivity index (χ0) is 10.3. The Balaban J connectivity index is 2.40. The number of allylic oxidation sites excluding steroid dienone is 1. The van der Waals surface area contributed by atoms with Crippen molar-refractivity contribution in [1.29, 1.82) is 0 Å². The average Bonchev–Trinajstić information content (AvgIpc) is 2.57. The molecule has 4 nitrogen and oxygen atoms in total. The lowest BCUT2D eigenvalue weighted by Crippen LogP contribution is -2.44. The van der Waals surface area contributed by atoms with Crippen LogP contribution in [-0.2, 0) is 9.59 Å². The van der Waals surface area contributed by atoms with Crippen LogP contribution in [0.25, 0.3) is 0 Å². The first-order valence-electron chi connectivity index (χ1n) is 4.78. The summed E-state index contributed by atoms with van der Waals surface area (Å²) in [4.78, 5) is 24.1.